The lowest BCUT2D eigenvalue weighted by molar-refractivity contribution is -0.134. The first-order valence-corrected chi connectivity index (χ1v) is 12.6. The van der Waals surface area contributed by atoms with Crippen molar-refractivity contribution in [2.24, 2.45) is 0 Å². The number of aryl methyl sites for hydroxylation is 1. The molecule has 3 aromatic carbocycles. The molecule has 184 valence electrons. The van der Waals surface area contributed by atoms with Crippen molar-refractivity contribution in [1.29, 1.82) is 0 Å². The van der Waals surface area contributed by atoms with Gasteiger partial charge in [-0.25, -0.2) is 4.39 Å². The number of rotatable bonds is 6. The highest BCUT2D eigenvalue weighted by molar-refractivity contribution is 5.93. The molecule has 0 unspecified atom stereocenters. The fourth-order valence-corrected chi connectivity index (χ4v) is 5.81. The van der Waals surface area contributed by atoms with Crippen LogP contribution in [0.1, 0.15) is 37.3 Å². The summed E-state index contributed by atoms with van der Waals surface area (Å²) in [5, 5.41) is 12.8. The Morgan fingerprint density at radius 3 is 2.40 bits per heavy atom. The fraction of sp³-hybridized carbons (Fsp3) is 0.414. The van der Waals surface area contributed by atoms with Crippen molar-refractivity contribution in [2.75, 3.05) is 31.2 Å². The Morgan fingerprint density at radius 2 is 1.71 bits per heavy atom. The van der Waals surface area contributed by atoms with Crippen molar-refractivity contribution < 1.29 is 14.3 Å². The number of aliphatic hydroxyl groups excluding tert-OH is 1. The number of β-amino-alcohol motifs (C(OH)–C–C–N with tert-alkyl or cyclic N) is 1. The van der Waals surface area contributed by atoms with Gasteiger partial charge >= 0.3 is 0 Å². The van der Waals surface area contributed by atoms with Crippen molar-refractivity contribution in [3.63, 3.8) is 0 Å². The molecule has 5 nitrogen and oxygen atoms in total. The summed E-state index contributed by atoms with van der Waals surface area (Å²) in [4.78, 5) is 20.1. The van der Waals surface area contributed by atoms with Crippen molar-refractivity contribution in [2.45, 2.75) is 51.3 Å². The number of carbonyl (C=O) groups is 1. The third-order valence-corrected chi connectivity index (χ3v) is 7.83. The quantitative estimate of drug-likeness (QED) is 0.562. The summed E-state index contributed by atoms with van der Waals surface area (Å²) >= 11 is 0. The predicted molar refractivity (Wildman–Crippen MR) is 138 cm³/mol. The van der Waals surface area contributed by atoms with E-state index in [1.807, 2.05) is 6.92 Å². The molecule has 35 heavy (non-hydrogen) atoms. The number of piperidine rings is 1. The van der Waals surface area contributed by atoms with E-state index in [0.717, 1.165) is 25.3 Å². The largest absolute Gasteiger partial charge is 0.391 e. The Labute approximate surface area is 206 Å². The lowest BCUT2D eigenvalue weighted by atomic mass is 9.85. The van der Waals surface area contributed by atoms with E-state index < -0.39 is 11.6 Å². The molecule has 5 rings (SSSR count). The average molecular weight is 476 g/mol. The van der Waals surface area contributed by atoms with Crippen LogP contribution in [0, 0.1) is 12.7 Å². The summed E-state index contributed by atoms with van der Waals surface area (Å²) < 4.78 is 13.6. The molecule has 0 radical (unpaired) electrons. The zero-order valence-electron chi connectivity index (χ0n) is 20.6. The SMILES string of the molecule is CC[C@@H](O)CN1CN(c2ccc(F)cc2)C2(CCN(Cc3cccc4cccc(C)c34)CC2)C1=O. The molecule has 1 atom stereocenters. The number of benzene rings is 3. The second-order valence-corrected chi connectivity index (χ2v) is 10.0. The van der Waals surface area contributed by atoms with Gasteiger partial charge in [0.25, 0.3) is 0 Å². The monoisotopic (exact) mass is 475 g/mol. The van der Waals surface area contributed by atoms with Crippen LogP contribution in [0.15, 0.2) is 60.7 Å². The van der Waals surface area contributed by atoms with Crippen LogP contribution in [0.4, 0.5) is 10.1 Å². The first-order chi connectivity index (χ1) is 16.9. The summed E-state index contributed by atoms with van der Waals surface area (Å²) in [5.74, 6) is -0.207. The van der Waals surface area contributed by atoms with E-state index in [9.17, 15) is 14.3 Å². The van der Waals surface area contributed by atoms with Crippen LogP contribution < -0.4 is 4.90 Å². The summed E-state index contributed by atoms with van der Waals surface area (Å²) in [5.41, 5.74) is 2.80. The number of amides is 1. The molecule has 6 heteroatoms. The molecule has 0 aliphatic carbocycles. The lowest BCUT2D eigenvalue weighted by Crippen LogP contribution is -2.56. The van der Waals surface area contributed by atoms with Gasteiger partial charge in [-0.1, -0.05) is 43.3 Å². The first kappa shape index (κ1) is 23.8. The van der Waals surface area contributed by atoms with E-state index in [4.69, 9.17) is 0 Å². The molecule has 3 aromatic rings. The van der Waals surface area contributed by atoms with Crippen LogP contribution in [-0.4, -0.2) is 58.8 Å². The van der Waals surface area contributed by atoms with E-state index in [0.29, 0.717) is 32.5 Å². The molecule has 2 aliphatic rings. The maximum atomic E-state index is 13.7. The zero-order chi connectivity index (χ0) is 24.6. The van der Waals surface area contributed by atoms with Crippen LogP contribution in [0.3, 0.4) is 0 Å². The number of likely N-dealkylation sites (tertiary alicyclic amines) is 1. The minimum Gasteiger partial charge on any atom is -0.391 e. The molecular weight excluding hydrogens is 441 g/mol. The number of aliphatic hydroxyl groups is 1. The number of nitrogens with zero attached hydrogens (tertiary/aromatic N) is 3. The molecule has 0 saturated carbocycles. The van der Waals surface area contributed by atoms with Gasteiger partial charge in [0.2, 0.25) is 5.91 Å². The summed E-state index contributed by atoms with van der Waals surface area (Å²) in [6.45, 7) is 7.28. The Balaban J connectivity index is 1.38. The molecule has 1 N–H and O–H groups in total. The smallest absolute Gasteiger partial charge is 0.250 e. The van der Waals surface area contributed by atoms with Crippen LogP contribution in [0.2, 0.25) is 0 Å². The molecule has 2 fully saturated rings. The van der Waals surface area contributed by atoms with Gasteiger partial charge in [-0.3, -0.25) is 9.69 Å². The number of carbonyl (C=O) groups excluding carboxylic acids is 1. The number of anilines is 1. The number of halogens is 1. The number of fused-ring (bicyclic) bond motifs is 1. The van der Waals surface area contributed by atoms with Crippen molar-refractivity contribution in [1.82, 2.24) is 9.80 Å². The highest BCUT2D eigenvalue weighted by Gasteiger charge is 2.53. The Hall–Kier alpha value is -2.96. The van der Waals surface area contributed by atoms with E-state index in [2.05, 4.69) is 53.1 Å². The molecule has 1 amide bonds. The van der Waals surface area contributed by atoms with E-state index >= 15 is 0 Å². The molecule has 2 aliphatic heterocycles. The third kappa shape index (κ3) is 4.41. The van der Waals surface area contributed by atoms with Crippen molar-refractivity contribution >= 4 is 22.4 Å². The summed E-state index contributed by atoms with van der Waals surface area (Å²) in [6, 6.07) is 19.3. The number of hydrogen-bond donors (Lipinski definition) is 1. The average Bonchev–Trinajstić information content (AvgIpc) is 3.12. The van der Waals surface area contributed by atoms with Gasteiger partial charge < -0.3 is 14.9 Å². The molecule has 0 bridgehead atoms. The Morgan fingerprint density at radius 1 is 1.03 bits per heavy atom. The van der Waals surface area contributed by atoms with Gasteiger partial charge in [-0.2, -0.15) is 0 Å². The summed E-state index contributed by atoms with van der Waals surface area (Å²) in [6.07, 6.45) is 1.46. The standard InChI is InChI=1S/C29H34FN3O2/c1-3-26(34)19-32-20-33(25-12-10-24(30)11-13-25)29(28(32)35)14-16-31(17-15-29)18-23-9-5-8-22-7-4-6-21(2)27(22)23/h4-13,26,34H,3,14-20H2,1-2H3/t26-/m1/s1. The lowest BCUT2D eigenvalue weighted by Gasteiger charge is -2.43. The van der Waals surface area contributed by atoms with Gasteiger partial charge in [-0.05, 0) is 72.4 Å². The molecule has 1 spiro atoms. The number of hydrogen-bond acceptors (Lipinski definition) is 4. The van der Waals surface area contributed by atoms with Crippen LogP contribution in [-0.2, 0) is 11.3 Å². The van der Waals surface area contributed by atoms with E-state index in [-0.39, 0.29) is 11.7 Å². The second-order valence-electron chi connectivity index (χ2n) is 10.0. The highest BCUT2D eigenvalue weighted by Crippen LogP contribution is 2.40. The van der Waals surface area contributed by atoms with Gasteiger partial charge in [0, 0.05) is 31.9 Å². The third-order valence-electron chi connectivity index (χ3n) is 7.83. The zero-order valence-corrected chi connectivity index (χ0v) is 20.6. The maximum Gasteiger partial charge on any atom is 0.250 e. The predicted octanol–water partition coefficient (Wildman–Crippen LogP) is 4.70. The Kier molecular flexibility index (Phi) is 6.51. The first-order valence-electron chi connectivity index (χ1n) is 12.6. The molecular formula is C29H34FN3O2. The minimum absolute atomic E-state index is 0.0787. The molecule has 0 aromatic heterocycles. The van der Waals surface area contributed by atoms with E-state index in [1.165, 1.54) is 34.0 Å². The normalized spacial score (nSPS) is 19.1. The van der Waals surface area contributed by atoms with Gasteiger partial charge in [0.1, 0.15) is 11.4 Å². The van der Waals surface area contributed by atoms with Crippen molar-refractivity contribution in [3.05, 3.63) is 77.6 Å². The van der Waals surface area contributed by atoms with Crippen LogP contribution in [0.5, 0.6) is 0 Å². The van der Waals surface area contributed by atoms with Crippen molar-refractivity contribution in [3.8, 4) is 0 Å². The topological polar surface area (TPSA) is 47.0 Å². The minimum atomic E-state index is -0.656. The fourth-order valence-electron chi connectivity index (χ4n) is 5.81. The Bertz CT molecular complexity index is 1200. The van der Waals surface area contributed by atoms with Crippen LogP contribution >= 0.6 is 0 Å². The summed E-state index contributed by atoms with van der Waals surface area (Å²) in [7, 11) is 0. The molecule has 2 saturated heterocycles. The highest BCUT2D eigenvalue weighted by atomic mass is 19.1. The van der Waals surface area contributed by atoms with E-state index in [1.54, 1.807) is 17.0 Å². The van der Waals surface area contributed by atoms with Gasteiger partial charge in [0.15, 0.2) is 0 Å². The molecule has 2 heterocycles. The maximum absolute atomic E-state index is 13.7. The van der Waals surface area contributed by atoms with Gasteiger partial charge in [0.05, 0.1) is 12.8 Å². The van der Waals surface area contributed by atoms with Crippen LogP contribution in [0.25, 0.3) is 10.8 Å². The van der Waals surface area contributed by atoms with Gasteiger partial charge in [-0.15, -0.1) is 0 Å². The second kappa shape index (κ2) is 9.59.